The summed E-state index contributed by atoms with van der Waals surface area (Å²) in [4.78, 5) is 22.9. The summed E-state index contributed by atoms with van der Waals surface area (Å²) in [5.74, 6) is 2.10. The molecule has 0 aromatic carbocycles. The van der Waals surface area contributed by atoms with Crippen LogP contribution < -0.4 is 10.2 Å². The third-order valence-electron chi connectivity index (χ3n) is 9.87. The zero-order valence-corrected chi connectivity index (χ0v) is 22.9. The molecule has 2 unspecified atom stereocenters. The molecule has 9 nitrogen and oxygen atoms in total. The molecule has 37 heavy (non-hydrogen) atoms. The highest BCUT2D eigenvalue weighted by Crippen LogP contribution is 2.55. The first-order valence-electron chi connectivity index (χ1n) is 14.0. The van der Waals surface area contributed by atoms with Gasteiger partial charge in [-0.05, 0) is 81.8 Å². The lowest BCUT2D eigenvalue weighted by Crippen LogP contribution is -2.61. The van der Waals surface area contributed by atoms with Gasteiger partial charge in [0.15, 0.2) is 0 Å². The van der Waals surface area contributed by atoms with Crippen LogP contribution in [0.1, 0.15) is 62.4 Å². The first kappa shape index (κ1) is 25.5. The molecular formula is C27H41N5O4S. The summed E-state index contributed by atoms with van der Waals surface area (Å²) < 4.78 is 25.3. The SMILES string of the molecule is C[C@@H]1CN(C2CCN(S(C)(=O)=O)CC2)CCN1c1cccc(C(=O)N[C@H]2C3CC4CC2C[C@](O)(C4)C3)n1. The Balaban J connectivity index is 1.07. The van der Waals surface area contributed by atoms with Gasteiger partial charge >= 0.3 is 0 Å². The van der Waals surface area contributed by atoms with Crippen LogP contribution in [0.5, 0.6) is 0 Å². The molecule has 3 atom stereocenters. The zero-order valence-electron chi connectivity index (χ0n) is 22.1. The Labute approximate surface area is 220 Å². The maximum absolute atomic E-state index is 13.3. The van der Waals surface area contributed by atoms with E-state index in [1.165, 1.54) is 6.26 Å². The van der Waals surface area contributed by atoms with E-state index in [4.69, 9.17) is 4.98 Å². The Kier molecular flexibility index (Phi) is 6.53. The van der Waals surface area contributed by atoms with Gasteiger partial charge in [-0.25, -0.2) is 17.7 Å². The monoisotopic (exact) mass is 531 g/mol. The molecule has 3 heterocycles. The maximum Gasteiger partial charge on any atom is 0.270 e. The van der Waals surface area contributed by atoms with Gasteiger partial charge in [-0.15, -0.1) is 0 Å². The van der Waals surface area contributed by atoms with Gasteiger partial charge in [0.25, 0.3) is 5.91 Å². The van der Waals surface area contributed by atoms with Crippen molar-refractivity contribution in [3.63, 3.8) is 0 Å². The Morgan fingerprint density at radius 1 is 1.08 bits per heavy atom. The van der Waals surface area contributed by atoms with Crippen molar-refractivity contribution in [3.05, 3.63) is 23.9 Å². The third-order valence-corrected chi connectivity index (χ3v) is 11.2. The van der Waals surface area contributed by atoms with Crippen molar-refractivity contribution in [2.24, 2.45) is 17.8 Å². The Bertz CT molecular complexity index is 1120. The molecule has 2 saturated heterocycles. The molecule has 4 aliphatic carbocycles. The van der Waals surface area contributed by atoms with Crippen molar-refractivity contribution in [1.29, 1.82) is 0 Å². The molecule has 2 N–H and O–H groups in total. The second-order valence-electron chi connectivity index (χ2n) is 12.5. The number of anilines is 1. The Morgan fingerprint density at radius 2 is 1.78 bits per heavy atom. The van der Waals surface area contributed by atoms with E-state index in [9.17, 15) is 18.3 Å². The van der Waals surface area contributed by atoms with Gasteiger partial charge in [0.05, 0.1) is 11.9 Å². The number of aromatic nitrogens is 1. The number of rotatable bonds is 5. The van der Waals surface area contributed by atoms with Gasteiger partial charge in [0.2, 0.25) is 10.0 Å². The molecule has 0 radical (unpaired) electrons. The van der Waals surface area contributed by atoms with E-state index in [0.717, 1.165) is 70.4 Å². The van der Waals surface area contributed by atoms with Crippen LogP contribution in [0.2, 0.25) is 0 Å². The fourth-order valence-corrected chi connectivity index (χ4v) is 9.22. The number of sulfonamides is 1. The van der Waals surface area contributed by atoms with Crippen LogP contribution in [-0.2, 0) is 10.0 Å². The quantitative estimate of drug-likeness (QED) is 0.596. The summed E-state index contributed by atoms with van der Waals surface area (Å²) >= 11 is 0. The van der Waals surface area contributed by atoms with Gasteiger partial charge in [0.1, 0.15) is 11.5 Å². The lowest BCUT2D eigenvalue weighted by Gasteiger charge is -2.58. The van der Waals surface area contributed by atoms with Crippen molar-refractivity contribution in [2.45, 2.75) is 75.6 Å². The standard InChI is InChI=1S/C27H41N5O4S/c1-18-17-30(22-6-8-31(9-7-22)37(2,35)36)10-11-32(18)24-5-3-4-23(28-24)26(33)29-25-20-12-19-13-21(25)16-27(34,14-19)15-20/h3-5,18-22,25,34H,6-17H2,1-2H3,(H,29,33)/t18-,19?,20?,21?,25-,27-/m1/s1. The van der Waals surface area contributed by atoms with Crippen LogP contribution in [0, 0.1) is 17.8 Å². The predicted octanol–water partition coefficient (Wildman–Crippen LogP) is 1.69. The lowest BCUT2D eigenvalue weighted by atomic mass is 9.52. The maximum atomic E-state index is 13.3. The molecule has 1 aromatic rings. The van der Waals surface area contributed by atoms with Crippen LogP contribution in [-0.4, -0.2) is 96.3 Å². The second kappa shape index (κ2) is 9.47. The van der Waals surface area contributed by atoms with Gasteiger partial charge in [-0.1, -0.05) is 6.07 Å². The number of amides is 1. The summed E-state index contributed by atoms with van der Waals surface area (Å²) in [6, 6.07) is 6.53. The number of hydrogen-bond acceptors (Lipinski definition) is 7. The van der Waals surface area contributed by atoms with Crippen molar-refractivity contribution in [1.82, 2.24) is 19.5 Å². The zero-order chi connectivity index (χ0) is 25.9. The van der Waals surface area contributed by atoms with Gasteiger partial charge in [0, 0.05) is 50.8 Å². The molecule has 10 heteroatoms. The summed E-state index contributed by atoms with van der Waals surface area (Å²) in [6.07, 6.45) is 7.84. The van der Waals surface area contributed by atoms with E-state index in [1.807, 2.05) is 12.1 Å². The van der Waals surface area contributed by atoms with Crippen LogP contribution in [0.15, 0.2) is 18.2 Å². The van der Waals surface area contributed by atoms with E-state index < -0.39 is 15.6 Å². The van der Waals surface area contributed by atoms with Crippen LogP contribution in [0.4, 0.5) is 5.82 Å². The third kappa shape index (κ3) is 5.02. The largest absolute Gasteiger partial charge is 0.390 e. The number of pyridine rings is 1. The molecule has 4 saturated carbocycles. The first-order chi connectivity index (χ1) is 17.6. The summed E-state index contributed by atoms with van der Waals surface area (Å²) in [6.45, 7) is 6.03. The molecular weight excluding hydrogens is 490 g/mol. The topological polar surface area (TPSA) is 106 Å². The van der Waals surface area contributed by atoms with Gasteiger partial charge in [-0.2, -0.15) is 0 Å². The van der Waals surface area contributed by atoms with E-state index in [-0.39, 0.29) is 18.0 Å². The molecule has 204 valence electrons. The molecule has 7 rings (SSSR count). The van der Waals surface area contributed by atoms with E-state index in [1.54, 1.807) is 10.4 Å². The number of carbonyl (C=O) groups excluding carboxylic acids is 1. The summed E-state index contributed by atoms with van der Waals surface area (Å²) in [7, 11) is -3.11. The van der Waals surface area contributed by atoms with Crippen molar-refractivity contribution < 1.29 is 18.3 Å². The number of carbonyl (C=O) groups is 1. The van der Waals surface area contributed by atoms with Crippen molar-refractivity contribution >= 4 is 21.7 Å². The van der Waals surface area contributed by atoms with Crippen LogP contribution >= 0.6 is 0 Å². The molecule has 4 bridgehead atoms. The van der Waals surface area contributed by atoms with Crippen LogP contribution in [0.3, 0.4) is 0 Å². The Hall–Kier alpha value is -1.75. The van der Waals surface area contributed by atoms with Gasteiger partial charge < -0.3 is 15.3 Å². The lowest BCUT2D eigenvalue weighted by molar-refractivity contribution is -0.136. The number of hydrogen-bond donors (Lipinski definition) is 2. The van der Waals surface area contributed by atoms with Crippen molar-refractivity contribution in [2.75, 3.05) is 43.9 Å². The van der Waals surface area contributed by atoms with E-state index >= 15 is 0 Å². The fraction of sp³-hybridized carbons (Fsp3) is 0.778. The molecule has 0 spiro atoms. The average molecular weight is 532 g/mol. The van der Waals surface area contributed by atoms with E-state index in [0.29, 0.717) is 42.6 Å². The first-order valence-corrected chi connectivity index (χ1v) is 15.9. The van der Waals surface area contributed by atoms with Crippen LogP contribution in [0.25, 0.3) is 0 Å². The normalized spacial score (nSPS) is 37.2. The molecule has 1 amide bonds. The molecule has 6 aliphatic rings. The highest BCUT2D eigenvalue weighted by Gasteiger charge is 2.55. The van der Waals surface area contributed by atoms with Crippen molar-refractivity contribution in [3.8, 4) is 0 Å². The Morgan fingerprint density at radius 3 is 2.41 bits per heavy atom. The second-order valence-corrected chi connectivity index (χ2v) is 14.5. The van der Waals surface area contributed by atoms with E-state index in [2.05, 4.69) is 22.0 Å². The number of piperidine rings is 1. The molecule has 6 fully saturated rings. The minimum Gasteiger partial charge on any atom is -0.390 e. The fourth-order valence-electron chi connectivity index (χ4n) is 8.35. The number of nitrogens with zero attached hydrogens (tertiary/aromatic N) is 4. The molecule has 1 aromatic heterocycles. The smallest absolute Gasteiger partial charge is 0.270 e. The van der Waals surface area contributed by atoms with Gasteiger partial charge in [-0.3, -0.25) is 9.69 Å². The minimum absolute atomic E-state index is 0.102. The number of nitrogens with one attached hydrogen (secondary N) is 1. The highest BCUT2D eigenvalue weighted by atomic mass is 32.2. The predicted molar refractivity (Wildman–Crippen MR) is 142 cm³/mol. The number of piperazine rings is 1. The number of aliphatic hydroxyl groups is 1. The minimum atomic E-state index is -3.11. The summed E-state index contributed by atoms with van der Waals surface area (Å²) in [5.41, 5.74) is -0.0355. The highest BCUT2D eigenvalue weighted by molar-refractivity contribution is 7.88. The average Bonchev–Trinajstić information content (AvgIpc) is 2.85. The molecule has 2 aliphatic heterocycles. The summed E-state index contributed by atoms with van der Waals surface area (Å²) in [5, 5.41) is 14.2.